The van der Waals surface area contributed by atoms with Crippen LogP contribution in [0.15, 0.2) is 66.7 Å². The van der Waals surface area contributed by atoms with Crippen LogP contribution in [0.4, 0.5) is 11.4 Å². The number of fused-ring (bicyclic) bond motifs is 3. The molecule has 1 aliphatic rings. The second-order valence-corrected chi connectivity index (χ2v) is 7.33. The summed E-state index contributed by atoms with van der Waals surface area (Å²) in [6.07, 6.45) is 0. The van der Waals surface area contributed by atoms with Gasteiger partial charge in [0.2, 0.25) is 0 Å². The predicted molar refractivity (Wildman–Crippen MR) is 109 cm³/mol. The molecule has 0 fully saturated rings. The van der Waals surface area contributed by atoms with E-state index >= 15 is 0 Å². The molecule has 132 valence electrons. The molecule has 1 aliphatic carbocycles. The molecule has 0 heterocycles. The van der Waals surface area contributed by atoms with Crippen LogP contribution in [0.5, 0.6) is 0 Å². The molecule has 3 nitrogen and oxygen atoms in total. The number of aliphatic hydroxyl groups is 1. The van der Waals surface area contributed by atoms with E-state index in [9.17, 15) is 5.11 Å². The molecule has 1 N–H and O–H groups in total. The van der Waals surface area contributed by atoms with Gasteiger partial charge in [-0.25, -0.2) is 0 Å². The molecule has 0 unspecified atom stereocenters. The first-order valence-electron chi connectivity index (χ1n) is 8.85. The summed E-state index contributed by atoms with van der Waals surface area (Å²) in [4.78, 5) is 4.19. The smallest absolute Gasteiger partial charge is 0.141 e. The molecular weight excluding hydrogens is 320 g/mol. The summed E-state index contributed by atoms with van der Waals surface area (Å²) in [5.74, 6) is 0. The fourth-order valence-corrected chi connectivity index (χ4v) is 3.83. The predicted octanol–water partition coefficient (Wildman–Crippen LogP) is 4.08. The number of anilines is 2. The molecular formula is C23H24N2O. The maximum absolute atomic E-state index is 11.9. The lowest BCUT2D eigenvalue weighted by Gasteiger charge is -2.27. The topological polar surface area (TPSA) is 26.7 Å². The number of nitrogens with zero attached hydrogens (tertiary/aromatic N) is 2. The Morgan fingerprint density at radius 2 is 1.12 bits per heavy atom. The fourth-order valence-electron chi connectivity index (χ4n) is 3.83. The van der Waals surface area contributed by atoms with Gasteiger partial charge in [0.05, 0.1) is 0 Å². The van der Waals surface area contributed by atoms with Crippen LogP contribution in [-0.2, 0) is 5.60 Å². The minimum absolute atomic E-state index is 0.898. The molecule has 0 spiro atoms. The molecule has 3 aromatic rings. The van der Waals surface area contributed by atoms with E-state index in [1.54, 1.807) is 0 Å². The Hall–Kier alpha value is -2.78. The maximum atomic E-state index is 11.9. The molecule has 0 bridgehead atoms. The van der Waals surface area contributed by atoms with Crippen molar-refractivity contribution in [3.8, 4) is 11.1 Å². The number of hydrogen-bond donors (Lipinski definition) is 1. The Labute approximate surface area is 155 Å². The third-order valence-electron chi connectivity index (χ3n) is 5.30. The Balaban J connectivity index is 2.03. The van der Waals surface area contributed by atoms with Crippen LogP contribution in [0.25, 0.3) is 11.1 Å². The minimum Gasteiger partial charge on any atom is -0.378 e. The molecule has 0 amide bonds. The summed E-state index contributed by atoms with van der Waals surface area (Å²) in [7, 11) is 8.16. The summed E-state index contributed by atoms with van der Waals surface area (Å²) in [5, 5.41) is 11.9. The van der Waals surface area contributed by atoms with Crippen LogP contribution in [0.3, 0.4) is 0 Å². The van der Waals surface area contributed by atoms with Crippen LogP contribution in [0, 0.1) is 0 Å². The zero-order valence-electron chi connectivity index (χ0n) is 15.7. The second kappa shape index (κ2) is 5.89. The van der Waals surface area contributed by atoms with Crippen LogP contribution >= 0.6 is 0 Å². The van der Waals surface area contributed by atoms with Crippen molar-refractivity contribution in [3.63, 3.8) is 0 Å². The quantitative estimate of drug-likeness (QED) is 0.775. The lowest BCUT2D eigenvalue weighted by molar-refractivity contribution is 0.131. The van der Waals surface area contributed by atoms with Crippen molar-refractivity contribution in [3.05, 3.63) is 83.4 Å². The molecule has 0 aliphatic heterocycles. The third-order valence-corrected chi connectivity index (χ3v) is 5.30. The Kier molecular flexibility index (Phi) is 3.78. The van der Waals surface area contributed by atoms with Gasteiger partial charge in [0.1, 0.15) is 5.60 Å². The molecule has 0 saturated carbocycles. The maximum Gasteiger partial charge on any atom is 0.141 e. The molecule has 0 aromatic heterocycles. The van der Waals surface area contributed by atoms with Crippen LogP contribution in [0.2, 0.25) is 0 Å². The monoisotopic (exact) mass is 344 g/mol. The number of rotatable bonds is 3. The molecule has 26 heavy (non-hydrogen) atoms. The van der Waals surface area contributed by atoms with Crippen molar-refractivity contribution < 1.29 is 5.11 Å². The van der Waals surface area contributed by atoms with Gasteiger partial charge in [-0.3, -0.25) is 0 Å². The zero-order chi connectivity index (χ0) is 18.5. The van der Waals surface area contributed by atoms with Crippen LogP contribution in [-0.4, -0.2) is 33.3 Å². The SMILES string of the molecule is CN(C)c1ccc2c(c1)-c1cc(N(C)C)ccc1C2(O)c1ccccc1. The van der Waals surface area contributed by atoms with Crippen molar-refractivity contribution in [1.82, 2.24) is 0 Å². The van der Waals surface area contributed by atoms with E-state index < -0.39 is 5.60 Å². The summed E-state index contributed by atoms with van der Waals surface area (Å²) in [6.45, 7) is 0. The van der Waals surface area contributed by atoms with Crippen LogP contribution < -0.4 is 9.80 Å². The lowest BCUT2D eigenvalue weighted by atomic mass is 9.84. The summed E-state index contributed by atoms with van der Waals surface area (Å²) in [5.41, 5.74) is 6.12. The third kappa shape index (κ3) is 2.31. The van der Waals surface area contributed by atoms with E-state index in [1.165, 1.54) is 0 Å². The summed E-state index contributed by atoms with van der Waals surface area (Å²) < 4.78 is 0. The van der Waals surface area contributed by atoms with E-state index in [1.807, 2.05) is 58.5 Å². The first-order valence-corrected chi connectivity index (χ1v) is 8.85. The summed E-state index contributed by atoms with van der Waals surface area (Å²) >= 11 is 0. The van der Waals surface area contributed by atoms with Crippen molar-refractivity contribution in [2.24, 2.45) is 0 Å². The Morgan fingerprint density at radius 1 is 0.654 bits per heavy atom. The van der Waals surface area contributed by atoms with Gasteiger partial charge < -0.3 is 14.9 Å². The second-order valence-electron chi connectivity index (χ2n) is 7.33. The molecule has 4 rings (SSSR count). The van der Waals surface area contributed by atoms with Crippen molar-refractivity contribution >= 4 is 11.4 Å². The highest BCUT2D eigenvalue weighted by molar-refractivity contribution is 5.86. The average Bonchev–Trinajstić information content (AvgIpc) is 2.91. The largest absolute Gasteiger partial charge is 0.378 e. The van der Waals surface area contributed by atoms with E-state index in [2.05, 4.69) is 46.2 Å². The van der Waals surface area contributed by atoms with Gasteiger partial charge in [-0.1, -0.05) is 42.5 Å². The van der Waals surface area contributed by atoms with Gasteiger partial charge in [0.25, 0.3) is 0 Å². The van der Waals surface area contributed by atoms with Gasteiger partial charge in [0, 0.05) is 50.7 Å². The first kappa shape index (κ1) is 16.7. The number of hydrogen-bond acceptors (Lipinski definition) is 3. The standard InChI is InChI=1S/C23H24N2O/c1-24(2)17-10-12-21-19(14-17)20-15-18(25(3)4)11-13-22(20)23(21,26)16-8-6-5-7-9-16/h5-15,26H,1-4H3. The Morgan fingerprint density at radius 3 is 1.54 bits per heavy atom. The van der Waals surface area contributed by atoms with E-state index in [4.69, 9.17) is 0 Å². The minimum atomic E-state index is -1.12. The van der Waals surface area contributed by atoms with Crippen molar-refractivity contribution in [2.45, 2.75) is 5.60 Å². The van der Waals surface area contributed by atoms with Gasteiger partial charge in [-0.05, 0) is 41.0 Å². The number of benzene rings is 3. The van der Waals surface area contributed by atoms with E-state index in [0.29, 0.717) is 0 Å². The Bertz CT molecular complexity index is 904. The van der Waals surface area contributed by atoms with E-state index in [-0.39, 0.29) is 0 Å². The van der Waals surface area contributed by atoms with Crippen molar-refractivity contribution in [2.75, 3.05) is 38.0 Å². The molecule has 0 atom stereocenters. The zero-order valence-corrected chi connectivity index (χ0v) is 15.7. The highest BCUT2D eigenvalue weighted by Gasteiger charge is 2.43. The van der Waals surface area contributed by atoms with E-state index in [0.717, 1.165) is 39.2 Å². The molecule has 3 heteroatoms. The molecule has 3 aromatic carbocycles. The molecule has 0 radical (unpaired) electrons. The lowest BCUT2D eigenvalue weighted by Crippen LogP contribution is -2.26. The first-order chi connectivity index (χ1) is 12.4. The van der Waals surface area contributed by atoms with Gasteiger partial charge in [0.15, 0.2) is 0 Å². The fraction of sp³-hybridized carbons (Fsp3) is 0.217. The van der Waals surface area contributed by atoms with Crippen molar-refractivity contribution in [1.29, 1.82) is 0 Å². The van der Waals surface area contributed by atoms with Gasteiger partial charge in [-0.15, -0.1) is 0 Å². The highest BCUT2D eigenvalue weighted by Crippen LogP contribution is 2.52. The average molecular weight is 344 g/mol. The summed E-state index contributed by atoms with van der Waals surface area (Å²) in [6, 6.07) is 22.6. The van der Waals surface area contributed by atoms with Gasteiger partial charge in [-0.2, -0.15) is 0 Å². The van der Waals surface area contributed by atoms with Gasteiger partial charge >= 0.3 is 0 Å². The van der Waals surface area contributed by atoms with Crippen LogP contribution in [0.1, 0.15) is 16.7 Å². The normalized spacial score (nSPS) is 13.9. The highest BCUT2D eigenvalue weighted by atomic mass is 16.3. The molecule has 0 saturated heterocycles.